The summed E-state index contributed by atoms with van der Waals surface area (Å²) in [5.41, 5.74) is 5.89. The van der Waals surface area contributed by atoms with Crippen LogP contribution in [0.2, 0.25) is 0 Å². The summed E-state index contributed by atoms with van der Waals surface area (Å²) in [5.74, 6) is 0. The lowest BCUT2D eigenvalue weighted by atomic mass is 9.92. The van der Waals surface area contributed by atoms with Crippen LogP contribution in [0, 0.1) is 0 Å². The fraction of sp³-hybridized carbons (Fsp3) is 0.769. The lowest BCUT2D eigenvalue weighted by Crippen LogP contribution is -2.37. The number of aromatic nitrogens is 2. The van der Waals surface area contributed by atoms with E-state index < -0.39 is 0 Å². The van der Waals surface area contributed by atoms with Gasteiger partial charge in [-0.05, 0) is 45.1 Å². The smallest absolute Gasteiger partial charge is 0.0945 e. The largest absolute Gasteiger partial charge is 0.337 e. The van der Waals surface area contributed by atoms with Gasteiger partial charge in [-0.15, -0.1) is 0 Å². The van der Waals surface area contributed by atoms with Crippen LogP contribution in [0.25, 0.3) is 0 Å². The Morgan fingerprint density at radius 1 is 1.24 bits per heavy atom. The SMILES string of the molecule is NC1CCC(NCCCCn2ccnc2)CC1. The molecule has 1 fully saturated rings. The third-order valence-electron chi connectivity index (χ3n) is 3.61. The number of imidazole rings is 1. The summed E-state index contributed by atoms with van der Waals surface area (Å²) in [6.07, 6.45) is 13.1. The third kappa shape index (κ3) is 4.48. The standard InChI is InChI=1S/C13H24N4/c14-12-3-5-13(6-4-12)16-7-1-2-9-17-10-8-15-11-17/h8,10-13,16H,1-7,9,14H2. The van der Waals surface area contributed by atoms with Crippen molar-refractivity contribution in [3.63, 3.8) is 0 Å². The number of nitrogens with one attached hydrogen (secondary N) is 1. The van der Waals surface area contributed by atoms with E-state index in [0.29, 0.717) is 12.1 Å². The Bertz CT molecular complexity index is 288. The van der Waals surface area contributed by atoms with Gasteiger partial charge in [0.2, 0.25) is 0 Å². The van der Waals surface area contributed by atoms with E-state index in [1.807, 2.05) is 18.7 Å². The highest BCUT2D eigenvalue weighted by atomic mass is 15.0. The summed E-state index contributed by atoms with van der Waals surface area (Å²) in [5, 5.41) is 3.64. The van der Waals surface area contributed by atoms with E-state index >= 15 is 0 Å². The molecule has 0 unspecified atom stereocenters. The van der Waals surface area contributed by atoms with Crippen molar-refractivity contribution in [2.24, 2.45) is 5.73 Å². The Morgan fingerprint density at radius 3 is 2.76 bits per heavy atom. The molecule has 1 heterocycles. The average molecular weight is 236 g/mol. The van der Waals surface area contributed by atoms with E-state index in [2.05, 4.69) is 14.9 Å². The first-order chi connectivity index (χ1) is 8.34. The van der Waals surface area contributed by atoms with Gasteiger partial charge in [-0.3, -0.25) is 0 Å². The number of unbranched alkanes of at least 4 members (excludes halogenated alkanes) is 1. The van der Waals surface area contributed by atoms with Gasteiger partial charge >= 0.3 is 0 Å². The minimum Gasteiger partial charge on any atom is -0.337 e. The average Bonchev–Trinajstić information content (AvgIpc) is 2.84. The van der Waals surface area contributed by atoms with Gasteiger partial charge in [0.15, 0.2) is 0 Å². The van der Waals surface area contributed by atoms with Gasteiger partial charge in [-0.2, -0.15) is 0 Å². The molecule has 1 aliphatic rings. The maximum Gasteiger partial charge on any atom is 0.0945 e. The van der Waals surface area contributed by atoms with Gasteiger partial charge in [-0.25, -0.2) is 4.98 Å². The molecule has 1 saturated carbocycles. The number of rotatable bonds is 6. The van der Waals surface area contributed by atoms with E-state index in [-0.39, 0.29) is 0 Å². The molecule has 1 aromatic rings. The van der Waals surface area contributed by atoms with Gasteiger partial charge in [0.25, 0.3) is 0 Å². The number of nitrogens with zero attached hydrogens (tertiary/aromatic N) is 2. The third-order valence-corrected chi connectivity index (χ3v) is 3.61. The molecule has 3 N–H and O–H groups in total. The Balaban J connectivity index is 1.49. The molecular weight excluding hydrogens is 212 g/mol. The van der Waals surface area contributed by atoms with Gasteiger partial charge < -0.3 is 15.6 Å². The highest BCUT2D eigenvalue weighted by Crippen LogP contribution is 2.16. The van der Waals surface area contributed by atoms with Crippen LogP contribution in [-0.2, 0) is 6.54 Å². The zero-order valence-corrected chi connectivity index (χ0v) is 10.5. The molecule has 0 aromatic carbocycles. The summed E-state index contributed by atoms with van der Waals surface area (Å²) >= 11 is 0. The zero-order valence-electron chi connectivity index (χ0n) is 10.5. The van der Waals surface area contributed by atoms with Crippen LogP contribution in [0.4, 0.5) is 0 Å². The van der Waals surface area contributed by atoms with E-state index in [1.165, 1.54) is 38.5 Å². The van der Waals surface area contributed by atoms with E-state index in [9.17, 15) is 0 Å². The molecule has 0 aliphatic heterocycles. The fourth-order valence-corrected chi connectivity index (χ4v) is 2.47. The van der Waals surface area contributed by atoms with Crippen LogP contribution in [0.3, 0.4) is 0 Å². The lowest BCUT2D eigenvalue weighted by Gasteiger charge is -2.26. The van der Waals surface area contributed by atoms with E-state index in [0.717, 1.165) is 13.1 Å². The van der Waals surface area contributed by atoms with Crippen LogP contribution in [0.5, 0.6) is 0 Å². The molecule has 17 heavy (non-hydrogen) atoms. The maximum absolute atomic E-state index is 5.89. The van der Waals surface area contributed by atoms with Crippen molar-refractivity contribution in [1.82, 2.24) is 14.9 Å². The van der Waals surface area contributed by atoms with E-state index in [1.54, 1.807) is 0 Å². The lowest BCUT2D eigenvalue weighted by molar-refractivity contribution is 0.340. The fourth-order valence-electron chi connectivity index (χ4n) is 2.47. The molecule has 0 amide bonds. The number of hydrogen-bond acceptors (Lipinski definition) is 3. The highest BCUT2D eigenvalue weighted by Gasteiger charge is 2.17. The summed E-state index contributed by atoms with van der Waals surface area (Å²) in [4.78, 5) is 4.04. The Morgan fingerprint density at radius 2 is 2.06 bits per heavy atom. The van der Waals surface area contributed by atoms with Crippen LogP contribution in [-0.4, -0.2) is 28.2 Å². The molecule has 96 valence electrons. The maximum atomic E-state index is 5.89. The first-order valence-corrected chi connectivity index (χ1v) is 6.79. The molecule has 1 aromatic heterocycles. The molecule has 4 heteroatoms. The van der Waals surface area contributed by atoms with Gasteiger partial charge in [0.05, 0.1) is 6.33 Å². The Labute approximate surface area is 104 Å². The van der Waals surface area contributed by atoms with Crippen molar-refractivity contribution in [2.75, 3.05) is 6.54 Å². The number of aryl methyl sites for hydroxylation is 1. The van der Waals surface area contributed by atoms with Crippen LogP contribution >= 0.6 is 0 Å². The quantitative estimate of drug-likeness (QED) is 0.736. The van der Waals surface area contributed by atoms with Gasteiger partial charge in [-0.1, -0.05) is 0 Å². The molecule has 0 saturated heterocycles. The first-order valence-electron chi connectivity index (χ1n) is 6.79. The molecule has 0 spiro atoms. The van der Waals surface area contributed by atoms with Gasteiger partial charge in [0, 0.05) is 31.0 Å². The summed E-state index contributed by atoms with van der Waals surface area (Å²) in [7, 11) is 0. The van der Waals surface area contributed by atoms with Crippen molar-refractivity contribution in [3.8, 4) is 0 Å². The second-order valence-electron chi connectivity index (χ2n) is 5.07. The number of nitrogens with two attached hydrogens (primary N) is 1. The first kappa shape index (κ1) is 12.6. The molecule has 0 radical (unpaired) electrons. The van der Waals surface area contributed by atoms with Crippen molar-refractivity contribution < 1.29 is 0 Å². The molecule has 2 rings (SSSR count). The van der Waals surface area contributed by atoms with Gasteiger partial charge in [0.1, 0.15) is 0 Å². The Kier molecular flexibility index (Phi) is 5.01. The molecule has 0 atom stereocenters. The highest BCUT2D eigenvalue weighted by molar-refractivity contribution is 4.78. The van der Waals surface area contributed by atoms with Crippen LogP contribution in [0.1, 0.15) is 38.5 Å². The minimum absolute atomic E-state index is 0.453. The zero-order chi connectivity index (χ0) is 11.9. The monoisotopic (exact) mass is 236 g/mol. The molecule has 0 bridgehead atoms. The molecule has 1 aliphatic carbocycles. The number of hydrogen-bond donors (Lipinski definition) is 2. The van der Waals surface area contributed by atoms with Crippen molar-refractivity contribution in [2.45, 2.75) is 57.2 Å². The second-order valence-corrected chi connectivity index (χ2v) is 5.07. The van der Waals surface area contributed by atoms with Crippen LogP contribution < -0.4 is 11.1 Å². The van der Waals surface area contributed by atoms with Crippen molar-refractivity contribution in [3.05, 3.63) is 18.7 Å². The Hall–Kier alpha value is -0.870. The molecule has 4 nitrogen and oxygen atoms in total. The molecular formula is C13H24N4. The second kappa shape index (κ2) is 6.77. The minimum atomic E-state index is 0.453. The summed E-state index contributed by atoms with van der Waals surface area (Å²) < 4.78 is 2.14. The summed E-state index contributed by atoms with van der Waals surface area (Å²) in [6, 6.07) is 1.16. The normalized spacial score (nSPS) is 25.0. The topological polar surface area (TPSA) is 55.9 Å². The van der Waals surface area contributed by atoms with Crippen molar-refractivity contribution >= 4 is 0 Å². The van der Waals surface area contributed by atoms with Crippen LogP contribution in [0.15, 0.2) is 18.7 Å². The van der Waals surface area contributed by atoms with E-state index in [4.69, 9.17) is 5.73 Å². The van der Waals surface area contributed by atoms with Crippen molar-refractivity contribution in [1.29, 1.82) is 0 Å². The summed E-state index contributed by atoms with van der Waals surface area (Å²) in [6.45, 7) is 2.21. The predicted octanol–water partition coefficient (Wildman–Crippen LogP) is 1.52. The predicted molar refractivity (Wildman–Crippen MR) is 69.7 cm³/mol.